The molecule has 0 heterocycles. The molecule has 15 heavy (non-hydrogen) atoms. The molecule has 0 bridgehead atoms. The number of hydrogen-bond acceptors (Lipinski definition) is 1. The minimum atomic E-state index is 0.906. The quantitative estimate of drug-likeness (QED) is 0.793. The lowest BCUT2D eigenvalue weighted by molar-refractivity contribution is 0.693. The Morgan fingerprint density at radius 2 is 1.40 bits per heavy atom. The highest BCUT2D eigenvalue weighted by molar-refractivity contribution is 5.16. The van der Waals surface area contributed by atoms with Crippen molar-refractivity contribution >= 4 is 0 Å². The fourth-order valence-electron chi connectivity index (χ4n) is 1.49. The molecular weight excluding hydrogens is 182 g/mol. The highest BCUT2D eigenvalue weighted by Gasteiger charge is 1.92. The molecular formula is C14H14N. The zero-order chi connectivity index (χ0) is 10.3. The molecule has 0 saturated heterocycles. The van der Waals surface area contributed by atoms with Crippen molar-refractivity contribution in [2.45, 2.75) is 13.1 Å². The van der Waals surface area contributed by atoms with Gasteiger partial charge in [0, 0.05) is 13.1 Å². The minimum Gasteiger partial charge on any atom is -0.309 e. The second kappa shape index (κ2) is 5.32. The van der Waals surface area contributed by atoms with Gasteiger partial charge in [0.2, 0.25) is 0 Å². The molecule has 0 amide bonds. The first kappa shape index (κ1) is 9.94. The van der Waals surface area contributed by atoms with E-state index in [1.54, 1.807) is 0 Å². The number of hydrogen-bond donors (Lipinski definition) is 1. The molecule has 1 N–H and O–H groups in total. The van der Waals surface area contributed by atoms with E-state index in [9.17, 15) is 0 Å². The van der Waals surface area contributed by atoms with Crippen LogP contribution >= 0.6 is 0 Å². The first-order valence-electron chi connectivity index (χ1n) is 5.15. The highest BCUT2D eigenvalue weighted by atomic mass is 14.8. The lowest BCUT2D eigenvalue weighted by atomic mass is 10.2. The van der Waals surface area contributed by atoms with Crippen molar-refractivity contribution in [2.24, 2.45) is 0 Å². The van der Waals surface area contributed by atoms with Crippen molar-refractivity contribution in [3.63, 3.8) is 0 Å². The first-order valence-corrected chi connectivity index (χ1v) is 5.15. The van der Waals surface area contributed by atoms with Gasteiger partial charge in [-0.3, -0.25) is 0 Å². The van der Waals surface area contributed by atoms with Crippen LogP contribution in [0.15, 0.2) is 54.6 Å². The average molecular weight is 196 g/mol. The molecule has 2 aromatic rings. The van der Waals surface area contributed by atoms with Gasteiger partial charge in [-0.2, -0.15) is 0 Å². The zero-order valence-corrected chi connectivity index (χ0v) is 8.61. The molecule has 0 aliphatic carbocycles. The van der Waals surface area contributed by atoms with Gasteiger partial charge in [-0.15, -0.1) is 0 Å². The van der Waals surface area contributed by atoms with Gasteiger partial charge in [-0.1, -0.05) is 54.6 Å². The van der Waals surface area contributed by atoms with E-state index in [0.29, 0.717) is 0 Å². The van der Waals surface area contributed by atoms with E-state index >= 15 is 0 Å². The second-order valence-electron chi connectivity index (χ2n) is 3.50. The van der Waals surface area contributed by atoms with Crippen LogP contribution in [0.2, 0.25) is 0 Å². The molecule has 0 saturated carbocycles. The van der Waals surface area contributed by atoms with E-state index < -0.39 is 0 Å². The summed E-state index contributed by atoms with van der Waals surface area (Å²) in [5, 5.41) is 3.40. The van der Waals surface area contributed by atoms with Crippen molar-refractivity contribution in [1.82, 2.24) is 5.32 Å². The third-order valence-electron chi connectivity index (χ3n) is 2.29. The molecule has 0 aliphatic heterocycles. The summed E-state index contributed by atoms with van der Waals surface area (Å²) in [6.45, 7) is 1.82. The van der Waals surface area contributed by atoms with Gasteiger partial charge >= 0.3 is 0 Å². The summed E-state index contributed by atoms with van der Waals surface area (Å²) >= 11 is 0. The third kappa shape index (κ3) is 3.22. The minimum absolute atomic E-state index is 0.906. The number of benzene rings is 2. The summed E-state index contributed by atoms with van der Waals surface area (Å²) in [5.41, 5.74) is 2.62. The molecule has 0 spiro atoms. The van der Waals surface area contributed by atoms with Gasteiger partial charge in [-0.25, -0.2) is 0 Å². The number of rotatable bonds is 4. The average Bonchev–Trinajstić information content (AvgIpc) is 2.32. The van der Waals surface area contributed by atoms with E-state index in [4.69, 9.17) is 0 Å². The molecule has 1 nitrogen and oxygen atoms in total. The molecule has 1 heteroatoms. The summed E-state index contributed by atoms with van der Waals surface area (Å²) in [5.74, 6) is 0. The summed E-state index contributed by atoms with van der Waals surface area (Å²) in [6.07, 6.45) is 0. The van der Waals surface area contributed by atoms with Crippen LogP contribution in [0, 0.1) is 6.07 Å². The predicted molar refractivity (Wildman–Crippen MR) is 62.3 cm³/mol. The van der Waals surface area contributed by atoms with Crippen LogP contribution in [0.4, 0.5) is 0 Å². The maximum Gasteiger partial charge on any atom is 0.0208 e. The van der Waals surface area contributed by atoms with Crippen LogP contribution in [0.5, 0.6) is 0 Å². The second-order valence-corrected chi connectivity index (χ2v) is 3.50. The van der Waals surface area contributed by atoms with Crippen LogP contribution in [0.1, 0.15) is 11.1 Å². The van der Waals surface area contributed by atoms with Crippen molar-refractivity contribution in [3.8, 4) is 0 Å². The molecule has 2 rings (SSSR count). The van der Waals surface area contributed by atoms with Crippen LogP contribution < -0.4 is 5.32 Å². The lowest BCUT2D eigenvalue weighted by Crippen LogP contribution is -2.12. The Morgan fingerprint density at radius 1 is 0.800 bits per heavy atom. The van der Waals surface area contributed by atoms with E-state index in [1.807, 2.05) is 18.2 Å². The van der Waals surface area contributed by atoms with Crippen LogP contribution in [-0.2, 0) is 13.1 Å². The van der Waals surface area contributed by atoms with Crippen LogP contribution in [0.25, 0.3) is 0 Å². The van der Waals surface area contributed by atoms with Crippen molar-refractivity contribution in [3.05, 3.63) is 71.8 Å². The Kier molecular flexibility index (Phi) is 3.53. The van der Waals surface area contributed by atoms with Gasteiger partial charge < -0.3 is 5.32 Å². The maximum absolute atomic E-state index is 3.40. The zero-order valence-electron chi connectivity index (χ0n) is 8.61. The summed E-state index contributed by atoms with van der Waals surface area (Å²) in [7, 11) is 0. The predicted octanol–water partition coefficient (Wildman–Crippen LogP) is 2.78. The SMILES string of the molecule is [c]1ccc(CNCc2ccccc2)cc1. The van der Waals surface area contributed by atoms with Gasteiger partial charge in [0.1, 0.15) is 0 Å². The standard InChI is InChI=1S/C14H14N/c1-3-7-13(8-4-1)11-15-12-14-9-5-2-6-10-14/h1,3-10,15H,11-12H2. The smallest absolute Gasteiger partial charge is 0.0208 e. The maximum atomic E-state index is 3.40. The van der Waals surface area contributed by atoms with E-state index in [-0.39, 0.29) is 0 Å². The number of nitrogens with one attached hydrogen (secondary N) is 1. The van der Waals surface area contributed by atoms with Crippen LogP contribution in [0.3, 0.4) is 0 Å². The van der Waals surface area contributed by atoms with Crippen LogP contribution in [-0.4, -0.2) is 0 Å². The van der Waals surface area contributed by atoms with Gasteiger partial charge in [-0.05, 0) is 17.2 Å². The van der Waals surface area contributed by atoms with Crippen molar-refractivity contribution in [1.29, 1.82) is 0 Å². The molecule has 1 radical (unpaired) electrons. The topological polar surface area (TPSA) is 12.0 Å². The monoisotopic (exact) mass is 196 g/mol. The van der Waals surface area contributed by atoms with E-state index in [0.717, 1.165) is 13.1 Å². The van der Waals surface area contributed by atoms with E-state index in [2.05, 4.69) is 47.8 Å². The van der Waals surface area contributed by atoms with E-state index in [1.165, 1.54) is 11.1 Å². The van der Waals surface area contributed by atoms with Crippen molar-refractivity contribution < 1.29 is 0 Å². The summed E-state index contributed by atoms with van der Waals surface area (Å²) in [4.78, 5) is 0. The Bertz CT molecular complexity index is 341. The molecule has 0 atom stereocenters. The van der Waals surface area contributed by atoms with Gasteiger partial charge in [0.05, 0.1) is 0 Å². The largest absolute Gasteiger partial charge is 0.309 e. The Hall–Kier alpha value is -1.60. The lowest BCUT2D eigenvalue weighted by Gasteiger charge is -2.04. The fraction of sp³-hybridized carbons (Fsp3) is 0.143. The van der Waals surface area contributed by atoms with Gasteiger partial charge in [0.15, 0.2) is 0 Å². The Balaban J connectivity index is 1.81. The molecule has 0 unspecified atom stereocenters. The van der Waals surface area contributed by atoms with Crippen molar-refractivity contribution in [2.75, 3.05) is 0 Å². The molecule has 75 valence electrons. The summed E-state index contributed by atoms with van der Waals surface area (Å²) < 4.78 is 0. The highest BCUT2D eigenvalue weighted by Crippen LogP contribution is 2.00. The van der Waals surface area contributed by atoms with Gasteiger partial charge in [0.25, 0.3) is 0 Å². The third-order valence-corrected chi connectivity index (χ3v) is 2.29. The molecule has 2 aromatic carbocycles. The normalized spacial score (nSPS) is 10.1. The first-order chi connectivity index (χ1) is 7.45. The Morgan fingerprint density at radius 3 is 2.07 bits per heavy atom. The molecule has 0 aromatic heterocycles. The Labute approximate surface area is 90.8 Å². The summed E-state index contributed by atoms with van der Waals surface area (Å²) in [6, 6.07) is 21.5. The fourth-order valence-corrected chi connectivity index (χ4v) is 1.49. The molecule has 0 aliphatic rings. The molecule has 0 fully saturated rings.